The molecule has 0 aliphatic rings. The van der Waals surface area contributed by atoms with E-state index in [0.29, 0.717) is 23.5 Å². The maximum absolute atomic E-state index is 12.9. The van der Waals surface area contributed by atoms with Gasteiger partial charge in [-0.2, -0.15) is 5.10 Å². The zero-order chi connectivity index (χ0) is 24.2. The van der Waals surface area contributed by atoms with E-state index in [-0.39, 0.29) is 24.4 Å². The standard InChI is InChI=1S/C26H26N4O4/c1-4-34-26(33)19-10-12-20(13-11-19)27-22(31)14-15-29-23(32)16-17(2)24-18(3)28-30(25(24)29)21-8-6-5-7-9-21/h5-13,16H,4,14-15H2,1-3H3,(H,27,31). The predicted octanol–water partition coefficient (Wildman–Crippen LogP) is 4.01. The first-order valence-electron chi connectivity index (χ1n) is 11.1. The number of benzene rings is 2. The molecule has 1 amide bonds. The summed E-state index contributed by atoms with van der Waals surface area (Å²) in [6, 6.07) is 17.7. The summed E-state index contributed by atoms with van der Waals surface area (Å²) in [5.41, 5.74) is 3.96. The highest BCUT2D eigenvalue weighted by atomic mass is 16.5. The Morgan fingerprint density at radius 1 is 1.03 bits per heavy atom. The van der Waals surface area contributed by atoms with Gasteiger partial charge in [0.15, 0.2) is 0 Å². The van der Waals surface area contributed by atoms with Gasteiger partial charge >= 0.3 is 5.97 Å². The summed E-state index contributed by atoms with van der Waals surface area (Å²) >= 11 is 0. The Kier molecular flexibility index (Phi) is 6.58. The van der Waals surface area contributed by atoms with Crippen molar-refractivity contribution in [2.75, 3.05) is 11.9 Å². The van der Waals surface area contributed by atoms with Crippen LogP contribution in [0.3, 0.4) is 0 Å². The molecule has 0 bridgehead atoms. The molecule has 34 heavy (non-hydrogen) atoms. The molecule has 0 radical (unpaired) electrons. The highest BCUT2D eigenvalue weighted by molar-refractivity contribution is 5.93. The monoisotopic (exact) mass is 458 g/mol. The van der Waals surface area contributed by atoms with Crippen molar-refractivity contribution in [2.45, 2.75) is 33.7 Å². The van der Waals surface area contributed by atoms with Crippen molar-refractivity contribution < 1.29 is 14.3 Å². The van der Waals surface area contributed by atoms with Crippen molar-refractivity contribution in [1.82, 2.24) is 14.3 Å². The second kappa shape index (κ2) is 9.74. The van der Waals surface area contributed by atoms with Crippen LogP contribution in [0.1, 0.15) is 35.0 Å². The number of fused-ring (bicyclic) bond motifs is 1. The summed E-state index contributed by atoms with van der Waals surface area (Å²) in [7, 11) is 0. The van der Waals surface area contributed by atoms with E-state index in [9.17, 15) is 14.4 Å². The lowest BCUT2D eigenvalue weighted by Crippen LogP contribution is -2.25. The Morgan fingerprint density at radius 3 is 2.41 bits per heavy atom. The number of aromatic nitrogens is 3. The Balaban J connectivity index is 1.57. The van der Waals surface area contributed by atoms with Crippen molar-refractivity contribution in [3.63, 3.8) is 0 Å². The summed E-state index contributed by atoms with van der Waals surface area (Å²) in [6.45, 7) is 6.04. The minimum atomic E-state index is -0.409. The highest BCUT2D eigenvalue weighted by Crippen LogP contribution is 2.24. The molecule has 2 heterocycles. The molecule has 0 aliphatic heterocycles. The van der Waals surface area contributed by atoms with Crippen LogP contribution in [-0.4, -0.2) is 32.8 Å². The lowest BCUT2D eigenvalue weighted by atomic mass is 10.1. The third-order valence-corrected chi connectivity index (χ3v) is 5.54. The number of ether oxygens (including phenoxy) is 1. The van der Waals surface area contributed by atoms with Crippen LogP contribution < -0.4 is 10.9 Å². The van der Waals surface area contributed by atoms with E-state index in [4.69, 9.17) is 4.74 Å². The summed E-state index contributed by atoms with van der Waals surface area (Å²) in [6.07, 6.45) is 0.0940. The minimum Gasteiger partial charge on any atom is -0.462 e. The van der Waals surface area contributed by atoms with E-state index in [2.05, 4.69) is 10.4 Å². The van der Waals surface area contributed by atoms with Gasteiger partial charge in [0.05, 0.1) is 23.6 Å². The van der Waals surface area contributed by atoms with Gasteiger partial charge in [-0.25, -0.2) is 9.48 Å². The summed E-state index contributed by atoms with van der Waals surface area (Å²) in [4.78, 5) is 37.3. The van der Waals surface area contributed by atoms with Gasteiger partial charge in [0.1, 0.15) is 5.65 Å². The molecule has 4 aromatic rings. The van der Waals surface area contributed by atoms with Crippen molar-refractivity contribution in [2.24, 2.45) is 0 Å². The average Bonchev–Trinajstić information content (AvgIpc) is 3.17. The predicted molar refractivity (Wildman–Crippen MR) is 130 cm³/mol. The summed E-state index contributed by atoms with van der Waals surface area (Å²) in [5.74, 6) is -0.652. The number of amides is 1. The van der Waals surface area contributed by atoms with Crippen molar-refractivity contribution in [3.8, 4) is 5.69 Å². The fourth-order valence-corrected chi connectivity index (χ4v) is 3.97. The second-order valence-corrected chi connectivity index (χ2v) is 7.94. The molecule has 0 fully saturated rings. The molecule has 0 saturated carbocycles. The van der Waals surface area contributed by atoms with E-state index in [1.807, 2.05) is 44.2 Å². The number of carbonyl (C=O) groups excluding carboxylic acids is 2. The SMILES string of the molecule is CCOC(=O)c1ccc(NC(=O)CCn2c(=O)cc(C)c3c(C)nn(-c4ccccc4)c32)cc1. The van der Waals surface area contributed by atoms with Crippen LogP contribution in [0.25, 0.3) is 16.7 Å². The number of para-hydroxylation sites is 1. The van der Waals surface area contributed by atoms with Crippen molar-refractivity contribution in [1.29, 1.82) is 0 Å². The molecule has 8 heteroatoms. The Morgan fingerprint density at radius 2 is 1.74 bits per heavy atom. The van der Waals surface area contributed by atoms with Crippen LogP contribution in [0.2, 0.25) is 0 Å². The summed E-state index contributed by atoms with van der Waals surface area (Å²) < 4.78 is 8.32. The molecule has 174 valence electrons. The van der Waals surface area contributed by atoms with Gasteiger partial charge in [-0.3, -0.25) is 14.2 Å². The lowest BCUT2D eigenvalue weighted by molar-refractivity contribution is -0.116. The normalized spacial score (nSPS) is 10.9. The third-order valence-electron chi connectivity index (χ3n) is 5.54. The van der Waals surface area contributed by atoms with Gasteiger partial charge in [0.2, 0.25) is 5.91 Å². The largest absolute Gasteiger partial charge is 0.462 e. The van der Waals surface area contributed by atoms with Crippen LogP contribution in [0.5, 0.6) is 0 Å². The molecule has 8 nitrogen and oxygen atoms in total. The van der Waals surface area contributed by atoms with Crippen LogP contribution in [0, 0.1) is 13.8 Å². The fraction of sp³-hybridized carbons (Fsp3) is 0.231. The molecule has 0 saturated heterocycles. The Hall–Kier alpha value is -4.20. The first kappa shape index (κ1) is 23.0. The maximum atomic E-state index is 12.9. The maximum Gasteiger partial charge on any atom is 0.338 e. The summed E-state index contributed by atoms with van der Waals surface area (Å²) in [5, 5.41) is 8.38. The minimum absolute atomic E-state index is 0.0940. The molecule has 0 atom stereocenters. The van der Waals surface area contributed by atoms with E-state index in [0.717, 1.165) is 22.3 Å². The Labute approximate surface area is 196 Å². The molecule has 0 aliphatic carbocycles. The van der Waals surface area contributed by atoms with Gasteiger partial charge in [-0.05, 0) is 62.7 Å². The number of anilines is 1. The van der Waals surface area contributed by atoms with E-state index >= 15 is 0 Å². The number of carbonyl (C=O) groups is 2. The molecule has 0 unspecified atom stereocenters. The first-order valence-corrected chi connectivity index (χ1v) is 11.1. The molecular weight excluding hydrogens is 432 g/mol. The van der Waals surface area contributed by atoms with Crippen LogP contribution in [-0.2, 0) is 16.1 Å². The van der Waals surface area contributed by atoms with Gasteiger partial charge in [0.25, 0.3) is 5.56 Å². The topological polar surface area (TPSA) is 95.2 Å². The van der Waals surface area contributed by atoms with E-state index in [1.165, 1.54) is 0 Å². The molecule has 0 spiro atoms. The van der Waals surface area contributed by atoms with Crippen molar-refractivity contribution in [3.05, 3.63) is 87.8 Å². The number of esters is 1. The number of rotatable bonds is 7. The van der Waals surface area contributed by atoms with E-state index < -0.39 is 5.97 Å². The van der Waals surface area contributed by atoms with Crippen LogP contribution >= 0.6 is 0 Å². The Bertz CT molecular complexity index is 1400. The quantitative estimate of drug-likeness (QED) is 0.422. The van der Waals surface area contributed by atoms with Gasteiger partial charge in [0, 0.05) is 30.1 Å². The zero-order valence-electron chi connectivity index (χ0n) is 19.4. The lowest BCUT2D eigenvalue weighted by Gasteiger charge is -2.12. The van der Waals surface area contributed by atoms with Gasteiger partial charge in [-0.1, -0.05) is 18.2 Å². The van der Waals surface area contributed by atoms with Crippen LogP contribution in [0.15, 0.2) is 65.5 Å². The molecule has 1 N–H and O–H groups in total. The third kappa shape index (κ3) is 4.61. The number of pyridine rings is 1. The molecule has 2 aromatic carbocycles. The first-order chi connectivity index (χ1) is 16.4. The number of hydrogen-bond donors (Lipinski definition) is 1. The van der Waals surface area contributed by atoms with Crippen LogP contribution in [0.4, 0.5) is 5.69 Å². The van der Waals surface area contributed by atoms with Gasteiger partial charge < -0.3 is 10.1 Å². The number of aryl methyl sites for hydroxylation is 3. The molecular formula is C26H26N4O4. The molecule has 2 aromatic heterocycles. The zero-order valence-corrected chi connectivity index (χ0v) is 19.4. The second-order valence-electron chi connectivity index (χ2n) is 7.94. The number of hydrogen-bond acceptors (Lipinski definition) is 5. The number of nitrogens with zero attached hydrogens (tertiary/aromatic N) is 3. The smallest absolute Gasteiger partial charge is 0.338 e. The van der Waals surface area contributed by atoms with Crippen molar-refractivity contribution >= 4 is 28.6 Å². The van der Waals surface area contributed by atoms with Gasteiger partial charge in [-0.15, -0.1) is 0 Å². The molecule has 4 rings (SSSR count). The number of nitrogens with one attached hydrogen (secondary N) is 1. The van der Waals surface area contributed by atoms with E-state index in [1.54, 1.807) is 46.5 Å². The fourth-order valence-electron chi connectivity index (χ4n) is 3.97. The highest BCUT2D eigenvalue weighted by Gasteiger charge is 2.17. The average molecular weight is 459 g/mol.